The lowest BCUT2D eigenvalue weighted by molar-refractivity contribution is -0.146. The Morgan fingerprint density at radius 1 is 1.15 bits per heavy atom. The van der Waals surface area contributed by atoms with Crippen molar-refractivity contribution in [3.63, 3.8) is 0 Å². The number of hydrogen-bond donors (Lipinski definition) is 3. The lowest BCUT2D eigenvalue weighted by atomic mass is 9.76. The highest BCUT2D eigenvalue weighted by Crippen LogP contribution is 2.38. The van der Waals surface area contributed by atoms with Crippen LogP contribution in [-0.2, 0) is 10.4 Å². The van der Waals surface area contributed by atoms with Crippen LogP contribution < -0.4 is 5.32 Å². The maximum absolute atomic E-state index is 11.7. The van der Waals surface area contributed by atoms with Gasteiger partial charge in [-0.15, -0.1) is 11.3 Å². The molecule has 0 aliphatic rings. The van der Waals surface area contributed by atoms with Gasteiger partial charge < -0.3 is 15.5 Å². The Bertz CT molecular complexity index is 1130. The van der Waals surface area contributed by atoms with E-state index in [1.807, 2.05) is 52.8 Å². The minimum Gasteiger partial charge on any atom is -0.481 e. The second kappa shape index (κ2) is 9.57. The van der Waals surface area contributed by atoms with Crippen LogP contribution in [0.4, 0.5) is 11.6 Å². The van der Waals surface area contributed by atoms with Crippen molar-refractivity contribution in [3.05, 3.63) is 52.9 Å². The molecular weight excluding hydrogens is 436 g/mol. The predicted octanol–water partition coefficient (Wildman–Crippen LogP) is 5.70. The number of anilines is 2. The number of aryl methyl sites for hydroxylation is 2. The van der Waals surface area contributed by atoms with Crippen LogP contribution in [0.15, 0.2) is 36.7 Å². The number of carbonyl (C=O) groups is 1. The summed E-state index contributed by atoms with van der Waals surface area (Å²) in [4.78, 5) is 25.8. The third-order valence-corrected chi connectivity index (χ3v) is 6.94. The number of aliphatic hydroxyl groups is 1. The molecule has 0 saturated carbocycles. The topological polar surface area (TPSA) is 108 Å². The molecule has 8 heteroatoms. The predicted molar refractivity (Wildman–Crippen MR) is 132 cm³/mol. The molecule has 0 saturated heterocycles. The number of aromatic nitrogens is 3. The van der Waals surface area contributed by atoms with E-state index < -0.39 is 17.5 Å². The van der Waals surface area contributed by atoms with E-state index in [0.717, 1.165) is 27.4 Å². The molecule has 0 aliphatic heterocycles. The summed E-state index contributed by atoms with van der Waals surface area (Å²) in [7, 11) is 0. The number of aliphatic carboxylic acids is 1. The molecule has 3 aromatic rings. The number of nitrogens with zero attached hydrogens (tertiary/aromatic N) is 3. The first-order valence-corrected chi connectivity index (χ1v) is 11.8. The maximum Gasteiger partial charge on any atom is 0.307 e. The zero-order valence-corrected chi connectivity index (χ0v) is 20.8. The average Bonchev–Trinajstić information content (AvgIpc) is 3.17. The van der Waals surface area contributed by atoms with Gasteiger partial charge in [-0.25, -0.2) is 15.0 Å². The summed E-state index contributed by atoms with van der Waals surface area (Å²) < 4.78 is 0. The van der Waals surface area contributed by atoms with Gasteiger partial charge in [0.15, 0.2) is 0 Å². The Kier molecular flexibility index (Phi) is 7.19. The summed E-state index contributed by atoms with van der Waals surface area (Å²) in [6.45, 7) is 11.4. The smallest absolute Gasteiger partial charge is 0.307 e. The molecule has 0 bridgehead atoms. The highest BCUT2D eigenvalue weighted by molar-refractivity contribution is 7.15. The molecule has 0 spiro atoms. The molecule has 3 N–H and O–H groups in total. The fourth-order valence-electron chi connectivity index (χ4n) is 3.75. The van der Waals surface area contributed by atoms with Crippen LogP contribution in [0.25, 0.3) is 10.4 Å². The Morgan fingerprint density at radius 3 is 2.52 bits per heavy atom. The number of thiazole rings is 1. The van der Waals surface area contributed by atoms with Gasteiger partial charge in [-0.3, -0.25) is 4.79 Å². The molecule has 0 amide bonds. The largest absolute Gasteiger partial charge is 0.481 e. The standard InChI is InChI=1S/C25H32N4O3S/c1-15-11-17(13-18(12-15)29-23-26-10-8-16(2)28-23)20-14-27-22(33-20)25(6,32)9-7-19(21(30)31)24(3,4)5/h8,10-14,19,32H,7,9H2,1-6H3,(H,30,31)(H,26,28,29)/t19-,25+/m1/s1. The molecule has 176 valence electrons. The van der Waals surface area contributed by atoms with Crippen LogP contribution in [0.3, 0.4) is 0 Å². The molecule has 2 heterocycles. The molecule has 0 unspecified atom stereocenters. The highest BCUT2D eigenvalue weighted by atomic mass is 32.1. The molecule has 0 aliphatic carbocycles. The van der Waals surface area contributed by atoms with Crippen molar-refractivity contribution in [2.45, 2.75) is 60.0 Å². The molecule has 0 fully saturated rings. The second-order valence-corrected chi connectivity index (χ2v) is 10.9. The fraction of sp³-hybridized carbons (Fsp3) is 0.440. The van der Waals surface area contributed by atoms with E-state index in [9.17, 15) is 15.0 Å². The number of nitrogens with one attached hydrogen (secondary N) is 1. The Hall–Kier alpha value is -2.84. The Balaban J connectivity index is 1.80. The molecule has 2 atom stereocenters. The number of hydrogen-bond acceptors (Lipinski definition) is 7. The number of benzene rings is 1. The van der Waals surface area contributed by atoms with Gasteiger partial charge in [0.25, 0.3) is 0 Å². The minimum atomic E-state index is -1.21. The second-order valence-electron chi connectivity index (χ2n) is 9.83. The first-order chi connectivity index (χ1) is 15.3. The van der Waals surface area contributed by atoms with E-state index in [-0.39, 0.29) is 5.41 Å². The van der Waals surface area contributed by atoms with E-state index in [2.05, 4.69) is 26.3 Å². The van der Waals surface area contributed by atoms with Gasteiger partial charge >= 0.3 is 5.97 Å². The van der Waals surface area contributed by atoms with Crippen molar-refractivity contribution in [3.8, 4) is 10.4 Å². The highest BCUT2D eigenvalue weighted by Gasteiger charge is 2.35. The Labute approximate surface area is 199 Å². The van der Waals surface area contributed by atoms with Gasteiger partial charge in [0.1, 0.15) is 10.6 Å². The summed E-state index contributed by atoms with van der Waals surface area (Å²) in [5.74, 6) is -0.848. The van der Waals surface area contributed by atoms with Crippen LogP contribution in [0.5, 0.6) is 0 Å². The van der Waals surface area contributed by atoms with E-state index in [4.69, 9.17) is 0 Å². The van der Waals surface area contributed by atoms with Gasteiger partial charge in [-0.1, -0.05) is 26.8 Å². The van der Waals surface area contributed by atoms with Crippen LogP contribution in [0.1, 0.15) is 56.8 Å². The van der Waals surface area contributed by atoms with E-state index >= 15 is 0 Å². The maximum atomic E-state index is 11.7. The number of rotatable bonds is 8. The summed E-state index contributed by atoms with van der Waals surface area (Å²) in [5, 5.41) is 24.5. The van der Waals surface area contributed by atoms with Crippen molar-refractivity contribution in [1.82, 2.24) is 15.0 Å². The molecule has 1 aromatic carbocycles. The zero-order chi connectivity index (χ0) is 24.4. The van der Waals surface area contributed by atoms with Crippen LogP contribution in [-0.4, -0.2) is 31.1 Å². The van der Waals surface area contributed by atoms with Crippen molar-refractivity contribution >= 4 is 28.9 Å². The summed E-state index contributed by atoms with van der Waals surface area (Å²) in [5.41, 5.74) is 2.20. The quantitative estimate of drug-likeness (QED) is 0.389. The van der Waals surface area contributed by atoms with E-state index in [1.165, 1.54) is 11.3 Å². The van der Waals surface area contributed by atoms with Crippen molar-refractivity contribution in [1.29, 1.82) is 0 Å². The van der Waals surface area contributed by atoms with Gasteiger partial charge in [0, 0.05) is 23.8 Å². The van der Waals surface area contributed by atoms with Gasteiger partial charge in [0.2, 0.25) is 5.95 Å². The normalized spacial score (nSPS) is 14.5. The fourth-order valence-corrected chi connectivity index (χ4v) is 4.73. The van der Waals surface area contributed by atoms with Crippen molar-refractivity contribution in [2.24, 2.45) is 11.3 Å². The van der Waals surface area contributed by atoms with E-state index in [0.29, 0.717) is 23.8 Å². The van der Waals surface area contributed by atoms with Crippen LogP contribution in [0.2, 0.25) is 0 Å². The van der Waals surface area contributed by atoms with Gasteiger partial charge in [-0.2, -0.15) is 0 Å². The summed E-state index contributed by atoms with van der Waals surface area (Å²) >= 11 is 1.42. The molecular formula is C25H32N4O3S. The molecule has 7 nitrogen and oxygen atoms in total. The Morgan fingerprint density at radius 2 is 1.88 bits per heavy atom. The lowest BCUT2D eigenvalue weighted by Crippen LogP contribution is -2.31. The van der Waals surface area contributed by atoms with Gasteiger partial charge in [0.05, 0.1) is 10.8 Å². The lowest BCUT2D eigenvalue weighted by Gasteiger charge is -2.30. The first kappa shape index (κ1) is 24.8. The third kappa shape index (κ3) is 6.36. The zero-order valence-electron chi connectivity index (χ0n) is 20.0. The third-order valence-electron chi connectivity index (χ3n) is 5.64. The molecule has 3 rings (SSSR count). The SMILES string of the molecule is Cc1cc(Nc2nccc(C)n2)cc(-c2cnc([C@@](C)(O)CC[C@H](C(=O)O)C(C)(C)C)s2)c1. The first-order valence-electron chi connectivity index (χ1n) is 11.0. The number of carboxylic acids is 1. The monoisotopic (exact) mass is 468 g/mol. The van der Waals surface area contributed by atoms with Crippen LogP contribution in [0, 0.1) is 25.2 Å². The molecule has 33 heavy (non-hydrogen) atoms. The van der Waals surface area contributed by atoms with Gasteiger partial charge in [-0.05, 0) is 68.4 Å². The minimum absolute atomic E-state index is 0.319. The molecule has 2 aromatic heterocycles. The van der Waals surface area contributed by atoms with E-state index in [1.54, 1.807) is 19.3 Å². The van der Waals surface area contributed by atoms with Crippen molar-refractivity contribution in [2.75, 3.05) is 5.32 Å². The molecule has 0 radical (unpaired) electrons. The summed E-state index contributed by atoms with van der Waals surface area (Å²) in [6.07, 6.45) is 4.16. The van der Waals surface area contributed by atoms with Crippen LogP contribution >= 0.6 is 11.3 Å². The number of carboxylic acid groups (broad SMARTS) is 1. The average molecular weight is 469 g/mol. The summed E-state index contributed by atoms with van der Waals surface area (Å²) in [6, 6.07) is 7.93. The van der Waals surface area contributed by atoms with Crippen molar-refractivity contribution < 1.29 is 15.0 Å².